The molecule has 2 aromatic carbocycles. The molecule has 5 rings (SSSR count). The monoisotopic (exact) mass is 399 g/mol. The Balaban J connectivity index is 1.62. The number of ether oxygens (including phenoxy) is 1. The highest BCUT2D eigenvalue weighted by molar-refractivity contribution is 6.04. The summed E-state index contributed by atoms with van der Waals surface area (Å²) in [5.74, 6) is 1.69. The molecule has 2 heterocycles. The molecule has 1 aliphatic carbocycles. The van der Waals surface area contributed by atoms with E-state index in [9.17, 15) is 5.21 Å². The van der Waals surface area contributed by atoms with Crippen LogP contribution in [0, 0.1) is 6.92 Å². The van der Waals surface area contributed by atoms with Crippen LogP contribution in [0.2, 0.25) is 0 Å². The standard InChI is InChI=1S/C23H21N5O2/c1-14-11-17(30-2)5-7-18(14)22-23(28-10-9-24-13-21(28)26-22)25-16-4-6-19-15(12-16)3-8-20(19)27-29/h4-7,9-13,25,29H,3,8H2,1-2H3/b27-20+. The summed E-state index contributed by atoms with van der Waals surface area (Å²) in [7, 11) is 1.67. The van der Waals surface area contributed by atoms with Crippen molar-refractivity contribution in [3.63, 3.8) is 0 Å². The van der Waals surface area contributed by atoms with E-state index in [1.165, 1.54) is 5.56 Å². The molecule has 7 heteroatoms. The van der Waals surface area contributed by atoms with Gasteiger partial charge in [0.05, 0.1) is 19.0 Å². The van der Waals surface area contributed by atoms with Gasteiger partial charge in [-0.15, -0.1) is 0 Å². The average Bonchev–Trinajstić information content (AvgIpc) is 3.34. The van der Waals surface area contributed by atoms with Crippen LogP contribution in [0.4, 0.5) is 11.5 Å². The van der Waals surface area contributed by atoms with Gasteiger partial charge in [-0.3, -0.25) is 9.38 Å². The number of nitrogens with zero attached hydrogens (tertiary/aromatic N) is 4. The molecular weight excluding hydrogens is 378 g/mol. The van der Waals surface area contributed by atoms with Crippen LogP contribution in [-0.2, 0) is 6.42 Å². The van der Waals surface area contributed by atoms with Crippen LogP contribution in [0.1, 0.15) is 23.1 Å². The largest absolute Gasteiger partial charge is 0.497 e. The molecule has 0 unspecified atom stereocenters. The summed E-state index contributed by atoms with van der Waals surface area (Å²) < 4.78 is 7.35. The van der Waals surface area contributed by atoms with E-state index in [0.717, 1.165) is 63.8 Å². The van der Waals surface area contributed by atoms with Gasteiger partial charge in [0.1, 0.15) is 17.3 Å². The van der Waals surface area contributed by atoms with Crippen LogP contribution in [-0.4, -0.2) is 32.4 Å². The van der Waals surface area contributed by atoms with Crippen LogP contribution in [0.3, 0.4) is 0 Å². The van der Waals surface area contributed by atoms with Crippen molar-refractivity contribution in [3.8, 4) is 17.0 Å². The second kappa shape index (κ2) is 7.18. The first-order valence-electron chi connectivity index (χ1n) is 9.76. The second-order valence-corrected chi connectivity index (χ2v) is 7.34. The molecule has 0 bridgehead atoms. The third kappa shape index (κ3) is 2.95. The van der Waals surface area contributed by atoms with Crippen molar-refractivity contribution in [3.05, 3.63) is 71.7 Å². The SMILES string of the molecule is COc1ccc(-c2nc3cnccn3c2Nc2ccc3c(c2)CC/C3=N\O)c(C)c1. The van der Waals surface area contributed by atoms with Crippen molar-refractivity contribution in [2.75, 3.05) is 12.4 Å². The number of nitrogens with one attached hydrogen (secondary N) is 1. The zero-order valence-electron chi connectivity index (χ0n) is 16.8. The summed E-state index contributed by atoms with van der Waals surface area (Å²) in [6.45, 7) is 2.05. The van der Waals surface area contributed by atoms with Crippen LogP contribution < -0.4 is 10.1 Å². The number of hydrogen-bond donors (Lipinski definition) is 2. The summed E-state index contributed by atoms with van der Waals surface area (Å²) in [6, 6.07) is 12.1. The summed E-state index contributed by atoms with van der Waals surface area (Å²) in [4.78, 5) is 9.05. The van der Waals surface area contributed by atoms with Crippen molar-refractivity contribution < 1.29 is 9.94 Å². The third-order valence-corrected chi connectivity index (χ3v) is 5.55. The molecule has 30 heavy (non-hydrogen) atoms. The van der Waals surface area contributed by atoms with Crippen LogP contribution in [0.25, 0.3) is 16.9 Å². The molecule has 0 atom stereocenters. The predicted octanol–water partition coefficient (Wildman–Crippen LogP) is 4.58. The molecule has 0 spiro atoms. The number of rotatable bonds is 4. The fourth-order valence-electron chi connectivity index (χ4n) is 4.03. The minimum absolute atomic E-state index is 0.743. The smallest absolute Gasteiger partial charge is 0.157 e. The highest BCUT2D eigenvalue weighted by Crippen LogP contribution is 2.35. The first kappa shape index (κ1) is 18.2. The van der Waals surface area contributed by atoms with Gasteiger partial charge in [-0.2, -0.15) is 0 Å². The molecule has 0 aliphatic heterocycles. The Morgan fingerprint density at radius 1 is 1.13 bits per heavy atom. The van der Waals surface area contributed by atoms with Crippen LogP contribution in [0.15, 0.2) is 60.1 Å². The molecule has 2 N–H and O–H groups in total. The number of hydrogen-bond acceptors (Lipinski definition) is 6. The molecule has 0 radical (unpaired) electrons. The number of anilines is 2. The lowest BCUT2D eigenvalue weighted by molar-refractivity contribution is 0.318. The second-order valence-electron chi connectivity index (χ2n) is 7.34. The quantitative estimate of drug-likeness (QED) is 0.388. The average molecular weight is 399 g/mol. The highest BCUT2D eigenvalue weighted by atomic mass is 16.5. The Labute approximate surface area is 173 Å². The van der Waals surface area contributed by atoms with Crippen LogP contribution in [0.5, 0.6) is 5.75 Å². The maximum Gasteiger partial charge on any atom is 0.157 e. The Bertz CT molecular complexity index is 1290. The minimum atomic E-state index is 0.743. The van der Waals surface area contributed by atoms with Crippen molar-refractivity contribution in [2.24, 2.45) is 5.16 Å². The zero-order chi connectivity index (χ0) is 20.7. The predicted molar refractivity (Wildman–Crippen MR) is 116 cm³/mol. The lowest BCUT2D eigenvalue weighted by Gasteiger charge is -2.12. The summed E-state index contributed by atoms with van der Waals surface area (Å²) in [5, 5.41) is 16.1. The van der Waals surface area contributed by atoms with Gasteiger partial charge in [0.2, 0.25) is 0 Å². The number of methoxy groups -OCH3 is 1. The molecule has 4 aromatic rings. The number of imidazole rings is 1. The number of aryl methyl sites for hydroxylation is 2. The van der Waals surface area contributed by atoms with E-state index < -0.39 is 0 Å². The number of fused-ring (bicyclic) bond motifs is 2. The van der Waals surface area contributed by atoms with Gasteiger partial charge in [-0.05, 0) is 61.2 Å². The third-order valence-electron chi connectivity index (χ3n) is 5.55. The number of aromatic nitrogens is 3. The fourth-order valence-corrected chi connectivity index (χ4v) is 4.03. The van der Waals surface area contributed by atoms with E-state index in [0.29, 0.717) is 0 Å². The first-order chi connectivity index (χ1) is 14.7. The van der Waals surface area contributed by atoms with E-state index in [2.05, 4.69) is 28.4 Å². The molecule has 0 fully saturated rings. The Kier molecular flexibility index (Phi) is 4.35. The molecule has 0 saturated carbocycles. The summed E-state index contributed by atoms with van der Waals surface area (Å²) >= 11 is 0. The van der Waals surface area contributed by atoms with Gasteiger partial charge in [-0.1, -0.05) is 11.2 Å². The minimum Gasteiger partial charge on any atom is -0.497 e. The van der Waals surface area contributed by atoms with Crippen LogP contribution >= 0.6 is 0 Å². The molecule has 0 amide bonds. The lowest BCUT2D eigenvalue weighted by atomic mass is 10.0. The van der Waals surface area contributed by atoms with Gasteiger partial charge in [0.25, 0.3) is 0 Å². The maximum absolute atomic E-state index is 9.18. The summed E-state index contributed by atoms with van der Waals surface area (Å²) in [5.41, 5.74) is 7.60. The molecule has 2 aromatic heterocycles. The normalized spacial score (nSPS) is 14.3. The molecule has 150 valence electrons. The van der Waals surface area contributed by atoms with Crippen molar-refractivity contribution >= 4 is 22.9 Å². The highest BCUT2D eigenvalue weighted by Gasteiger charge is 2.20. The molecule has 1 aliphatic rings. The summed E-state index contributed by atoms with van der Waals surface area (Å²) in [6.07, 6.45) is 7.02. The maximum atomic E-state index is 9.18. The lowest BCUT2D eigenvalue weighted by Crippen LogP contribution is -1.99. The van der Waals surface area contributed by atoms with E-state index >= 15 is 0 Å². The van der Waals surface area contributed by atoms with Gasteiger partial charge in [0, 0.05) is 29.2 Å². The topological polar surface area (TPSA) is 84.0 Å². The molecule has 7 nitrogen and oxygen atoms in total. The number of benzene rings is 2. The van der Waals surface area contributed by atoms with E-state index in [4.69, 9.17) is 9.72 Å². The Morgan fingerprint density at radius 3 is 2.80 bits per heavy atom. The number of oxime groups is 1. The first-order valence-corrected chi connectivity index (χ1v) is 9.76. The van der Waals surface area contributed by atoms with E-state index in [1.807, 2.05) is 40.9 Å². The molecular formula is C23H21N5O2. The van der Waals surface area contributed by atoms with E-state index in [1.54, 1.807) is 19.5 Å². The van der Waals surface area contributed by atoms with Gasteiger partial charge < -0.3 is 15.3 Å². The van der Waals surface area contributed by atoms with Crippen molar-refractivity contribution in [1.82, 2.24) is 14.4 Å². The zero-order valence-corrected chi connectivity index (χ0v) is 16.8. The Morgan fingerprint density at radius 2 is 2.00 bits per heavy atom. The van der Waals surface area contributed by atoms with Gasteiger partial charge in [0.15, 0.2) is 5.65 Å². The van der Waals surface area contributed by atoms with Crippen molar-refractivity contribution in [1.29, 1.82) is 0 Å². The van der Waals surface area contributed by atoms with Gasteiger partial charge in [-0.25, -0.2) is 4.98 Å². The molecule has 0 saturated heterocycles. The fraction of sp³-hybridized carbons (Fsp3) is 0.174. The Hall–Kier alpha value is -3.87. The van der Waals surface area contributed by atoms with E-state index in [-0.39, 0.29) is 0 Å². The van der Waals surface area contributed by atoms with Gasteiger partial charge >= 0.3 is 0 Å². The van der Waals surface area contributed by atoms with Crippen molar-refractivity contribution in [2.45, 2.75) is 19.8 Å².